The summed E-state index contributed by atoms with van der Waals surface area (Å²) >= 11 is 0. The molecule has 0 rings (SSSR count). The van der Waals surface area contributed by atoms with E-state index in [2.05, 4.69) is 6.92 Å². The van der Waals surface area contributed by atoms with Crippen molar-refractivity contribution in [1.29, 1.82) is 0 Å². The predicted molar refractivity (Wildman–Crippen MR) is 134 cm³/mol. The third kappa shape index (κ3) is 17.9. The van der Waals surface area contributed by atoms with Gasteiger partial charge in [0, 0.05) is 19.4 Å². The van der Waals surface area contributed by atoms with E-state index in [4.69, 9.17) is 5.11 Å². The maximum absolute atomic E-state index is 12.7. The molecule has 0 saturated heterocycles. The lowest BCUT2D eigenvalue weighted by Gasteiger charge is -2.11. The van der Waals surface area contributed by atoms with Crippen LogP contribution in [0.1, 0.15) is 123 Å². The van der Waals surface area contributed by atoms with E-state index in [1.54, 1.807) is 0 Å². The van der Waals surface area contributed by atoms with E-state index in [9.17, 15) is 13.5 Å². The predicted octanol–water partition coefficient (Wildman–Crippen LogP) is 5.96. The van der Waals surface area contributed by atoms with Gasteiger partial charge in [0.1, 0.15) is 21.4 Å². The molecule has 0 saturated carbocycles. The molecule has 0 radical (unpaired) electrons. The fourth-order valence-corrected chi connectivity index (χ4v) is 9.36. The normalized spacial score (nSPS) is 14.1. The molecule has 30 heavy (non-hydrogen) atoms. The maximum atomic E-state index is 12.7. The molecular formula is C24H51O4S2+. The van der Waals surface area contributed by atoms with Crippen LogP contribution in [0.4, 0.5) is 0 Å². The zero-order valence-electron chi connectivity index (χ0n) is 20.0. The average molecular weight is 468 g/mol. The zero-order valence-corrected chi connectivity index (χ0v) is 21.6. The van der Waals surface area contributed by atoms with Crippen LogP contribution in [0.5, 0.6) is 0 Å². The fraction of sp³-hybridized carbons (Fsp3) is 1.00. The molecule has 2 unspecified atom stereocenters. The highest BCUT2D eigenvalue weighted by Crippen LogP contribution is 2.18. The lowest BCUT2D eigenvalue weighted by atomic mass is 10.0. The van der Waals surface area contributed by atoms with Crippen molar-refractivity contribution >= 4 is 18.8 Å². The topological polar surface area (TPSA) is 74.6 Å². The Morgan fingerprint density at radius 3 is 1.60 bits per heavy atom. The number of unbranched alkanes of at least 4 members (excludes halogenated alkanes) is 13. The Bertz CT molecular complexity index is 454. The van der Waals surface area contributed by atoms with Gasteiger partial charge in [-0.25, -0.2) is 0 Å². The second kappa shape index (κ2) is 21.1. The Hall–Kier alpha value is 0.220. The largest absolute Gasteiger partial charge is 0.396 e. The molecule has 182 valence electrons. The highest BCUT2D eigenvalue weighted by atomic mass is 33.2. The van der Waals surface area contributed by atoms with Crippen LogP contribution in [0.2, 0.25) is 0 Å². The van der Waals surface area contributed by atoms with E-state index in [0.29, 0.717) is 30.8 Å². The molecule has 0 aromatic rings. The van der Waals surface area contributed by atoms with E-state index >= 15 is 0 Å². The molecule has 0 amide bonds. The van der Waals surface area contributed by atoms with Crippen molar-refractivity contribution in [2.75, 3.05) is 23.9 Å². The molecule has 0 aromatic heterocycles. The molecule has 0 bridgehead atoms. The van der Waals surface area contributed by atoms with Crippen molar-refractivity contribution in [2.24, 2.45) is 0 Å². The Balaban J connectivity index is 3.79. The Kier molecular flexibility index (Phi) is 21.2. The molecule has 0 fully saturated rings. The number of hydrogen-bond acceptors (Lipinski definition) is 4. The Morgan fingerprint density at radius 2 is 1.17 bits per heavy atom. The molecule has 0 spiro atoms. The second-order valence-electron chi connectivity index (χ2n) is 8.63. The lowest BCUT2D eigenvalue weighted by Crippen LogP contribution is -2.28. The van der Waals surface area contributed by atoms with Gasteiger partial charge in [-0.1, -0.05) is 97.3 Å². The number of aliphatic hydroxyl groups excluding tert-OH is 2. The quantitative estimate of drug-likeness (QED) is 0.110. The third-order valence-corrected chi connectivity index (χ3v) is 12.4. The van der Waals surface area contributed by atoms with Gasteiger partial charge in [-0.3, -0.25) is 0 Å². The van der Waals surface area contributed by atoms with Gasteiger partial charge >= 0.3 is 8.87 Å². The molecule has 0 aliphatic rings. The smallest absolute Gasteiger partial charge is 0.315 e. The second-order valence-corrected chi connectivity index (χ2v) is 14.8. The summed E-state index contributed by atoms with van der Waals surface area (Å²) in [6.07, 6.45) is 19.0. The van der Waals surface area contributed by atoms with Crippen LogP contribution in [0.25, 0.3) is 0 Å². The summed E-state index contributed by atoms with van der Waals surface area (Å²) in [6, 6.07) is 0. The first-order valence-corrected chi connectivity index (χ1v) is 16.4. The van der Waals surface area contributed by atoms with Crippen LogP contribution >= 0.6 is 0 Å². The summed E-state index contributed by atoms with van der Waals surface area (Å²) in [5, 5.41) is 18.8. The third-order valence-electron chi connectivity index (χ3n) is 5.79. The minimum absolute atomic E-state index is 0.0359. The van der Waals surface area contributed by atoms with Crippen LogP contribution < -0.4 is 0 Å². The van der Waals surface area contributed by atoms with Gasteiger partial charge in [-0.15, -0.1) is 0 Å². The highest BCUT2D eigenvalue weighted by Gasteiger charge is 2.34. The molecule has 2 atom stereocenters. The highest BCUT2D eigenvalue weighted by molar-refractivity contribution is 8.69. The minimum Gasteiger partial charge on any atom is -0.396 e. The Morgan fingerprint density at radius 1 is 0.700 bits per heavy atom. The average Bonchev–Trinajstić information content (AvgIpc) is 2.73. The van der Waals surface area contributed by atoms with Gasteiger partial charge in [-0.2, -0.15) is 8.42 Å². The molecular weight excluding hydrogens is 416 g/mol. The summed E-state index contributed by atoms with van der Waals surface area (Å²) in [5.74, 6) is 1.34. The van der Waals surface area contributed by atoms with E-state index in [-0.39, 0.29) is 12.4 Å². The fourth-order valence-electron chi connectivity index (χ4n) is 3.64. The van der Waals surface area contributed by atoms with Gasteiger partial charge in [0.2, 0.25) is 0 Å². The van der Waals surface area contributed by atoms with Crippen LogP contribution in [0.3, 0.4) is 0 Å². The summed E-state index contributed by atoms with van der Waals surface area (Å²) < 4.78 is 25.4. The Labute approximate surface area is 190 Å². The summed E-state index contributed by atoms with van der Waals surface area (Å²) in [5.41, 5.74) is 0. The van der Waals surface area contributed by atoms with Crippen molar-refractivity contribution in [3.05, 3.63) is 0 Å². The van der Waals surface area contributed by atoms with E-state index in [0.717, 1.165) is 19.3 Å². The van der Waals surface area contributed by atoms with Gasteiger partial charge in [-0.05, 0) is 12.8 Å². The molecule has 0 aliphatic heterocycles. The van der Waals surface area contributed by atoms with Crippen LogP contribution in [-0.2, 0) is 18.8 Å². The van der Waals surface area contributed by atoms with E-state index < -0.39 is 24.9 Å². The van der Waals surface area contributed by atoms with E-state index in [1.807, 2.05) is 6.92 Å². The van der Waals surface area contributed by atoms with Gasteiger partial charge < -0.3 is 10.2 Å². The van der Waals surface area contributed by atoms with Crippen LogP contribution in [0, 0.1) is 0 Å². The van der Waals surface area contributed by atoms with E-state index in [1.165, 1.54) is 70.6 Å². The molecule has 4 nitrogen and oxygen atoms in total. The molecule has 6 heteroatoms. The molecule has 0 aromatic carbocycles. The SMILES string of the molecule is CCCCCCCCCCCCCCCCS(=O)(=O)[S+](CCCO)CCC(O)CC. The molecule has 0 aliphatic carbocycles. The molecule has 2 N–H and O–H groups in total. The number of aliphatic hydroxyl groups is 2. The van der Waals surface area contributed by atoms with Crippen molar-refractivity contribution in [3.8, 4) is 0 Å². The number of hydrogen-bond donors (Lipinski definition) is 2. The first-order valence-electron chi connectivity index (χ1n) is 12.7. The first kappa shape index (κ1) is 30.2. The number of rotatable bonds is 23. The van der Waals surface area contributed by atoms with Crippen LogP contribution in [-0.4, -0.2) is 48.6 Å². The minimum atomic E-state index is -3.11. The van der Waals surface area contributed by atoms with Crippen molar-refractivity contribution < 1.29 is 18.6 Å². The summed E-state index contributed by atoms with van der Waals surface area (Å²) in [4.78, 5) is 0. The van der Waals surface area contributed by atoms with Gasteiger partial charge in [0.25, 0.3) is 0 Å². The maximum Gasteiger partial charge on any atom is 0.315 e. The van der Waals surface area contributed by atoms with Gasteiger partial charge in [0.05, 0.1) is 11.9 Å². The van der Waals surface area contributed by atoms with Gasteiger partial charge in [0.15, 0.2) is 0 Å². The summed E-state index contributed by atoms with van der Waals surface area (Å²) in [7, 11) is -3.83. The molecule has 0 heterocycles. The zero-order chi connectivity index (χ0) is 22.5. The first-order chi connectivity index (χ1) is 14.5. The van der Waals surface area contributed by atoms with Crippen molar-refractivity contribution in [3.63, 3.8) is 0 Å². The standard InChI is InChI=1S/C24H51O4S2/c1-3-5-6-7-8-9-10-11-12-13-14-15-16-17-23-30(27,28)29(21-18-20-25)22-19-24(26)4-2/h24-26H,3-23H2,1-2H3/q+1. The van der Waals surface area contributed by atoms with Crippen molar-refractivity contribution in [1.82, 2.24) is 0 Å². The monoisotopic (exact) mass is 467 g/mol. The summed E-state index contributed by atoms with van der Waals surface area (Å²) in [6.45, 7) is 4.21. The van der Waals surface area contributed by atoms with Crippen molar-refractivity contribution in [2.45, 2.75) is 129 Å². The lowest BCUT2D eigenvalue weighted by molar-refractivity contribution is 0.167. The van der Waals surface area contributed by atoms with Crippen LogP contribution in [0.15, 0.2) is 0 Å².